The van der Waals surface area contributed by atoms with Gasteiger partial charge in [-0.1, -0.05) is 197 Å². The van der Waals surface area contributed by atoms with Gasteiger partial charge < -0.3 is 14.2 Å². The normalized spacial score (nSPS) is 12.5. The first-order chi connectivity index (χ1) is 30.5. The molecule has 0 heterocycles. The highest BCUT2D eigenvalue weighted by atomic mass is 16.6. The van der Waals surface area contributed by atoms with E-state index in [9.17, 15) is 14.4 Å². The summed E-state index contributed by atoms with van der Waals surface area (Å²) in [5.74, 6) is -0.915. The van der Waals surface area contributed by atoms with Crippen LogP contribution in [0, 0.1) is 0 Å². The number of unbranched alkanes of at least 4 members (excludes halogenated alkanes) is 26. The first kappa shape index (κ1) is 59.1. The van der Waals surface area contributed by atoms with Gasteiger partial charge in [0.2, 0.25) is 0 Å². The lowest BCUT2D eigenvalue weighted by atomic mass is 10.1. The van der Waals surface area contributed by atoms with Crippen molar-refractivity contribution in [2.24, 2.45) is 0 Å². The van der Waals surface area contributed by atoms with Crippen molar-refractivity contribution in [3.63, 3.8) is 0 Å². The molecule has 0 aliphatic rings. The summed E-state index contributed by atoms with van der Waals surface area (Å²) in [7, 11) is 0. The van der Waals surface area contributed by atoms with Crippen LogP contribution in [0.2, 0.25) is 0 Å². The standard InChI is InChI=1S/C56H98O6/c1-4-7-10-13-16-19-22-24-26-28-29-31-32-34-37-40-43-46-49-55(58)61-52-53(51-60-54(57)48-45-42-39-36-21-18-15-12-9-6-3)62-56(59)50-47-44-41-38-35-33-30-27-25-23-20-17-14-11-8-5-2/h12,15,19-20,22-23,26-28,30,53H,4-11,13-14,16-18,21,24-25,29,31-52H2,1-3H3/b15-12-,22-19-,23-20-,28-26-,30-27-. The first-order valence-electron chi connectivity index (χ1n) is 26.3. The van der Waals surface area contributed by atoms with E-state index in [0.717, 1.165) is 109 Å². The Morgan fingerprint density at radius 2 is 0.613 bits per heavy atom. The van der Waals surface area contributed by atoms with Gasteiger partial charge in [0.25, 0.3) is 0 Å². The quantitative estimate of drug-likeness (QED) is 0.0262. The Balaban J connectivity index is 4.37. The van der Waals surface area contributed by atoms with Gasteiger partial charge in [0.1, 0.15) is 13.2 Å². The molecule has 6 heteroatoms. The Labute approximate surface area is 383 Å². The molecule has 0 fully saturated rings. The largest absolute Gasteiger partial charge is 0.462 e. The third-order valence-corrected chi connectivity index (χ3v) is 11.2. The third-order valence-electron chi connectivity index (χ3n) is 11.2. The van der Waals surface area contributed by atoms with Crippen LogP contribution in [0.4, 0.5) is 0 Å². The number of allylic oxidation sites excluding steroid dienone is 10. The number of carbonyl (C=O) groups excluding carboxylic acids is 3. The molecule has 358 valence electrons. The van der Waals surface area contributed by atoms with Crippen molar-refractivity contribution in [1.82, 2.24) is 0 Å². The van der Waals surface area contributed by atoms with Crippen molar-refractivity contribution < 1.29 is 28.6 Å². The van der Waals surface area contributed by atoms with Gasteiger partial charge in [-0.3, -0.25) is 14.4 Å². The maximum atomic E-state index is 12.8. The molecule has 1 atom stereocenters. The first-order valence-corrected chi connectivity index (χ1v) is 26.3. The number of hydrogen-bond acceptors (Lipinski definition) is 6. The molecule has 0 aromatic heterocycles. The highest BCUT2D eigenvalue weighted by Gasteiger charge is 2.19. The zero-order chi connectivity index (χ0) is 45.1. The molecule has 62 heavy (non-hydrogen) atoms. The summed E-state index contributed by atoms with van der Waals surface area (Å²) in [6.45, 7) is 6.52. The topological polar surface area (TPSA) is 78.9 Å². The second-order valence-corrected chi connectivity index (χ2v) is 17.4. The van der Waals surface area contributed by atoms with Crippen LogP contribution >= 0.6 is 0 Å². The monoisotopic (exact) mass is 867 g/mol. The zero-order valence-electron chi connectivity index (χ0n) is 40.9. The fourth-order valence-electron chi connectivity index (χ4n) is 7.21. The Kier molecular flexibility index (Phi) is 48.4. The summed E-state index contributed by atoms with van der Waals surface area (Å²) in [4.78, 5) is 37.9. The molecule has 0 rings (SSSR count). The van der Waals surface area contributed by atoms with Crippen molar-refractivity contribution in [3.05, 3.63) is 60.8 Å². The van der Waals surface area contributed by atoms with Gasteiger partial charge >= 0.3 is 17.9 Å². The molecule has 0 aromatic rings. The molecular weight excluding hydrogens is 769 g/mol. The molecule has 0 aliphatic carbocycles. The van der Waals surface area contributed by atoms with Crippen molar-refractivity contribution in [1.29, 1.82) is 0 Å². The number of ether oxygens (including phenoxy) is 3. The summed E-state index contributed by atoms with van der Waals surface area (Å²) in [6.07, 6.45) is 62.0. The van der Waals surface area contributed by atoms with Crippen molar-refractivity contribution >= 4 is 17.9 Å². The second-order valence-electron chi connectivity index (χ2n) is 17.4. The minimum Gasteiger partial charge on any atom is -0.462 e. The molecule has 0 radical (unpaired) electrons. The summed E-state index contributed by atoms with van der Waals surface area (Å²) in [5, 5.41) is 0. The summed E-state index contributed by atoms with van der Waals surface area (Å²) in [6, 6.07) is 0. The van der Waals surface area contributed by atoms with E-state index in [1.165, 1.54) is 109 Å². The van der Waals surface area contributed by atoms with Gasteiger partial charge in [0.05, 0.1) is 0 Å². The SMILES string of the molecule is CCC/C=C\CCCCCCCC(=O)OCC(COC(=O)CCCCCCCCC/C=C\C/C=C\CCCCCC)OC(=O)CCCCCCC/C=C\C/C=C\CCCCCC. The number of esters is 3. The van der Waals surface area contributed by atoms with E-state index in [1.54, 1.807) is 0 Å². The Morgan fingerprint density at radius 1 is 0.323 bits per heavy atom. The zero-order valence-corrected chi connectivity index (χ0v) is 40.9. The predicted molar refractivity (Wildman–Crippen MR) is 265 cm³/mol. The molecule has 1 unspecified atom stereocenters. The summed E-state index contributed by atoms with van der Waals surface area (Å²) >= 11 is 0. The molecule has 0 bridgehead atoms. The fraction of sp³-hybridized carbons (Fsp3) is 0.768. The molecule has 0 aliphatic heterocycles. The van der Waals surface area contributed by atoms with Crippen molar-refractivity contribution in [3.8, 4) is 0 Å². The lowest BCUT2D eigenvalue weighted by molar-refractivity contribution is -0.167. The molecule has 0 N–H and O–H groups in total. The molecule has 0 spiro atoms. The van der Waals surface area contributed by atoms with Crippen LogP contribution in [0.3, 0.4) is 0 Å². The van der Waals surface area contributed by atoms with Gasteiger partial charge in [0.15, 0.2) is 6.10 Å². The smallest absolute Gasteiger partial charge is 0.306 e. The molecule has 0 saturated heterocycles. The molecule has 6 nitrogen and oxygen atoms in total. The Morgan fingerprint density at radius 3 is 0.968 bits per heavy atom. The van der Waals surface area contributed by atoms with E-state index in [-0.39, 0.29) is 31.1 Å². The van der Waals surface area contributed by atoms with Crippen molar-refractivity contribution in [2.75, 3.05) is 13.2 Å². The Hall–Kier alpha value is -2.89. The number of rotatable bonds is 47. The highest BCUT2D eigenvalue weighted by Crippen LogP contribution is 2.14. The fourth-order valence-corrected chi connectivity index (χ4v) is 7.21. The molecule has 0 aromatic carbocycles. The lowest BCUT2D eigenvalue weighted by Gasteiger charge is -2.18. The Bertz CT molecular complexity index is 1130. The highest BCUT2D eigenvalue weighted by molar-refractivity contribution is 5.71. The van der Waals surface area contributed by atoms with Gasteiger partial charge in [-0.25, -0.2) is 0 Å². The van der Waals surface area contributed by atoms with Crippen LogP contribution in [0.5, 0.6) is 0 Å². The van der Waals surface area contributed by atoms with Gasteiger partial charge in [-0.05, 0) is 103 Å². The van der Waals surface area contributed by atoms with E-state index in [0.29, 0.717) is 19.3 Å². The summed E-state index contributed by atoms with van der Waals surface area (Å²) in [5.41, 5.74) is 0. The van der Waals surface area contributed by atoms with Crippen LogP contribution in [0.15, 0.2) is 60.8 Å². The van der Waals surface area contributed by atoms with Crippen LogP contribution in [0.25, 0.3) is 0 Å². The van der Waals surface area contributed by atoms with Gasteiger partial charge in [-0.15, -0.1) is 0 Å². The van der Waals surface area contributed by atoms with Crippen LogP contribution < -0.4 is 0 Å². The van der Waals surface area contributed by atoms with Gasteiger partial charge in [0, 0.05) is 19.3 Å². The second kappa shape index (κ2) is 50.8. The van der Waals surface area contributed by atoms with Crippen LogP contribution in [0.1, 0.15) is 258 Å². The maximum absolute atomic E-state index is 12.8. The van der Waals surface area contributed by atoms with E-state index in [1.807, 2.05) is 0 Å². The molecule has 0 amide bonds. The minimum atomic E-state index is -0.787. The molecular formula is C56H98O6. The van der Waals surface area contributed by atoms with E-state index in [2.05, 4.69) is 81.5 Å². The average Bonchev–Trinajstić information content (AvgIpc) is 3.27. The van der Waals surface area contributed by atoms with Crippen LogP contribution in [-0.2, 0) is 28.6 Å². The maximum Gasteiger partial charge on any atom is 0.306 e. The molecule has 0 saturated carbocycles. The summed E-state index contributed by atoms with van der Waals surface area (Å²) < 4.78 is 16.8. The van der Waals surface area contributed by atoms with E-state index >= 15 is 0 Å². The van der Waals surface area contributed by atoms with E-state index in [4.69, 9.17) is 14.2 Å². The minimum absolute atomic E-state index is 0.0867. The van der Waals surface area contributed by atoms with Crippen molar-refractivity contribution in [2.45, 2.75) is 264 Å². The average molecular weight is 867 g/mol. The number of hydrogen-bond donors (Lipinski definition) is 0. The predicted octanol–water partition coefficient (Wildman–Crippen LogP) is 17.3. The van der Waals surface area contributed by atoms with E-state index < -0.39 is 6.10 Å². The van der Waals surface area contributed by atoms with Crippen LogP contribution in [-0.4, -0.2) is 37.2 Å². The lowest BCUT2D eigenvalue weighted by Crippen LogP contribution is -2.30. The third kappa shape index (κ3) is 48.1. The van der Waals surface area contributed by atoms with Gasteiger partial charge in [-0.2, -0.15) is 0 Å². The number of carbonyl (C=O) groups is 3.